The molecule has 26 heavy (non-hydrogen) atoms. The highest BCUT2D eigenvalue weighted by molar-refractivity contribution is 6.00. The first-order valence-corrected chi connectivity index (χ1v) is 8.27. The molecule has 0 saturated carbocycles. The largest absolute Gasteiger partial charge is 1.00 e. The Morgan fingerprint density at radius 3 is 2.23 bits per heavy atom. The summed E-state index contributed by atoms with van der Waals surface area (Å²) in [5, 5.41) is 0. The van der Waals surface area contributed by atoms with Gasteiger partial charge in [-0.3, -0.25) is 4.79 Å². The smallest absolute Gasteiger partial charge is 0.245 e. The van der Waals surface area contributed by atoms with Crippen LogP contribution in [-0.2, 0) is 0 Å². The monoisotopic (exact) mass is 411 g/mol. The van der Waals surface area contributed by atoms with Crippen molar-refractivity contribution in [1.29, 1.82) is 0 Å². The van der Waals surface area contributed by atoms with Crippen molar-refractivity contribution in [3.05, 3.63) is 90.3 Å². The second kappa shape index (κ2) is 8.15. The van der Waals surface area contributed by atoms with E-state index < -0.39 is 6.04 Å². The van der Waals surface area contributed by atoms with Crippen LogP contribution in [0.4, 0.5) is 0 Å². The molecule has 0 fully saturated rings. The molecule has 0 amide bonds. The fraction of sp³-hybridized carbons (Fsp3) is 0.143. The summed E-state index contributed by atoms with van der Waals surface area (Å²) in [5.74, 6) is 1.33. The summed E-state index contributed by atoms with van der Waals surface area (Å²) in [4.78, 5) is 13.3. The summed E-state index contributed by atoms with van der Waals surface area (Å²) in [6.07, 6.45) is 3.82. The molecule has 0 saturated heterocycles. The Hall–Kier alpha value is -2.66. The number of ketones is 1. The van der Waals surface area contributed by atoms with Gasteiger partial charge >= 0.3 is 0 Å². The summed E-state index contributed by atoms with van der Waals surface area (Å²) in [7, 11) is 0. The van der Waals surface area contributed by atoms with Crippen molar-refractivity contribution in [3.8, 4) is 11.5 Å². The van der Waals surface area contributed by atoms with Gasteiger partial charge in [0.1, 0.15) is 13.2 Å². The third-order valence-electron chi connectivity index (χ3n) is 4.23. The summed E-state index contributed by atoms with van der Waals surface area (Å²) >= 11 is 0. The van der Waals surface area contributed by atoms with E-state index in [2.05, 4.69) is 0 Å². The standard InChI is InChI=1S/C21H18NO3.BrH/c23-21(17-9-10-18-19(15-17)25-14-13-24-18)20(16-7-3-1-4-8-16)22-11-5-2-6-12-22;/h1-12,15,20H,13-14H2;1H/q+1;/p-1. The van der Waals surface area contributed by atoms with Gasteiger partial charge in [-0.2, -0.15) is 4.57 Å². The number of benzene rings is 2. The normalized spacial score (nSPS) is 13.4. The molecule has 4 rings (SSSR count). The first-order chi connectivity index (χ1) is 12.3. The molecule has 2 aromatic carbocycles. The van der Waals surface area contributed by atoms with Gasteiger partial charge in [-0.25, -0.2) is 0 Å². The van der Waals surface area contributed by atoms with Crippen molar-refractivity contribution in [2.75, 3.05) is 13.2 Å². The molecule has 0 spiro atoms. The quantitative estimate of drug-likeness (QED) is 0.455. The van der Waals surface area contributed by atoms with E-state index in [-0.39, 0.29) is 22.8 Å². The van der Waals surface area contributed by atoms with Crippen LogP contribution in [0, 0.1) is 0 Å². The van der Waals surface area contributed by atoms with Crippen LogP contribution in [0.5, 0.6) is 11.5 Å². The Balaban J connectivity index is 0.00000196. The fourth-order valence-electron chi connectivity index (χ4n) is 3.03. The van der Waals surface area contributed by atoms with Gasteiger partial charge in [0, 0.05) is 23.3 Å². The van der Waals surface area contributed by atoms with E-state index in [9.17, 15) is 4.79 Å². The number of rotatable bonds is 4. The number of carbonyl (C=O) groups is 1. The number of fused-ring (bicyclic) bond motifs is 1. The lowest BCUT2D eigenvalue weighted by atomic mass is 9.96. The molecule has 4 nitrogen and oxygen atoms in total. The summed E-state index contributed by atoms with van der Waals surface area (Å²) in [6.45, 7) is 1.03. The zero-order valence-corrected chi connectivity index (χ0v) is 15.6. The van der Waals surface area contributed by atoms with E-state index in [4.69, 9.17) is 9.47 Å². The van der Waals surface area contributed by atoms with Crippen LogP contribution in [0.3, 0.4) is 0 Å². The molecule has 1 unspecified atom stereocenters. The number of Topliss-reactive ketones (excluding diaryl/α,β-unsaturated/α-hetero) is 1. The van der Waals surface area contributed by atoms with E-state index in [1.54, 1.807) is 18.2 Å². The van der Waals surface area contributed by atoms with Crippen molar-refractivity contribution < 1.29 is 35.8 Å². The number of ether oxygens (including phenoxy) is 2. The average Bonchev–Trinajstić information content (AvgIpc) is 2.69. The molecule has 0 radical (unpaired) electrons. The van der Waals surface area contributed by atoms with Crippen LogP contribution >= 0.6 is 0 Å². The van der Waals surface area contributed by atoms with Crippen LogP contribution in [-0.4, -0.2) is 19.0 Å². The maximum atomic E-state index is 13.3. The lowest BCUT2D eigenvalue weighted by molar-refractivity contribution is -0.699. The maximum Gasteiger partial charge on any atom is 0.245 e. The minimum absolute atomic E-state index is 0. The number of hydrogen-bond acceptors (Lipinski definition) is 3. The Morgan fingerprint density at radius 1 is 0.846 bits per heavy atom. The maximum absolute atomic E-state index is 13.3. The van der Waals surface area contributed by atoms with E-state index in [1.165, 1.54) is 0 Å². The highest BCUT2D eigenvalue weighted by Crippen LogP contribution is 2.32. The average molecular weight is 412 g/mol. The summed E-state index contributed by atoms with van der Waals surface area (Å²) in [5.41, 5.74) is 1.55. The van der Waals surface area contributed by atoms with Crippen LogP contribution < -0.4 is 31.0 Å². The van der Waals surface area contributed by atoms with Gasteiger partial charge in [-0.05, 0) is 18.2 Å². The van der Waals surface area contributed by atoms with Crippen LogP contribution in [0.25, 0.3) is 0 Å². The Morgan fingerprint density at radius 2 is 1.50 bits per heavy atom. The van der Waals surface area contributed by atoms with E-state index in [0.717, 1.165) is 5.56 Å². The predicted molar refractivity (Wildman–Crippen MR) is 93.0 cm³/mol. The van der Waals surface area contributed by atoms with Gasteiger partial charge in [0.2, 0.25) is 11.8 Å². The van der Waals surface area contributed by atoms with Gasteiger partial charge in [-0.15, -0.1) is 0 Å². The molecule has 1 aliphatic heterocycles. The molecule has 2 heterocycles. The van der Waals surface area contributed by atoms with Crippen molar-refractivity contribution in [2.24, 2.45) is 0 Å². The minimum Gasteiger partial charge on any atom is -1.00 e. The molecule has 1 atom stereocenters. The minimum atomic E-state index is -0.426. The van der Waals surface area contributed by atoms with Crippen molar-refractivity contribution >= 4 is 5.78 Å². The molecular weight excluding hydrogens is 394 g/mol. The van der Waals surface area contributed by atoms with Gasteiger partial charge < -0.3 is 26.5 Å². The number of nitrogens with zero attached hydrogens (tertiary/aromatic N) is 1. The molecule has 132 valence electrons. The molecule has 0 N–H and O–H groups in total. The van der Waals surface area contributed by atoms with E-state index in [1.807, 2.05) is 65.5 Å². The van der Waals surface area contributed by atoms with E-state index in [0.29, 0.717) is 30.3 Å². The third kappa shape index (κ3) is 3.63. The molecule has 3 aromatic rings. The zero-order chi connectivity index (χ0) is 17.1. The first kappa shape index (κ1) is 18.1. The fourth-order valence-corrected chi connectivity index (χ4v) is 3.03. The molecular formula is C21H18BrNO3. The lowest BCUT2D eigenvalue weighted by Gasteiger charge is -2.19. The van der Waals surface area contributed by atoms with Gasteiger partial charge in [0.05, 0.1) is 0 Å². The zero-order valence-electron chi connectivity index (χ0n) is 14.0. The second-order valence-corrected chi connectivity index (χ2v) is 5.86. The number of halogens is 1. The van der Waals surface area contributed by atoms with E-state index >= 15 is 0 Å². The lowest BCUT2D eigenvalue weighted by Crippen LogP contribution is -3.00. The first-order valence-electron chi connectivity index (χ1n) is 8.27. The molecule has 0 aliphatic carbocycles. The Labute approximate surface area is 162 Å². The third-order valence-corrected chi connectivity index (χ3v) is 4.23. The topological polar surface area (TPSA) is 39.4 Å². The van der Waals surface area contributed by atoms with Crippen LogP contribution in [0.1, 0.15) is 22.0 Å². The number of pyridine rings is 1. The van der Waals surface area contributed by atoms with Gasteiger partial charge in [0.25, 0.3) is 0 Å². The SMILES string of the molecule is O=C(c1ccc2c(c1)OCCO2)C(c1ccccc1)[n+]1ccccc1.[Br-]. The summed E-state index contributed by atoms with van der Waals surface area (Å²) in [6, 6.07) is 20.5. The number of aromatic nitrogens is 1. The van der Waals surface area contributed by atoms with Gasteiger partial charge in [-0.1, -0.05) is 36.4 Å². The molecule has 5 heteroatoms. The Bertz CT molecular complexity index is 845. The number of carbonyl (C=O) groups excluding carboxylic acids is 1. The van der Waals surface area contributed by atoms with Crippen LogP contribution in [0.2, 0.25) is 0 Å². The second-order valence-electron chi connectivity index (χ2n) is 5.86. The van der Waals surface area contributed by atoms with Gasteiger partial charge in [0.15, 0.2) is 23.9 Å². The molecule has 1 aromatic heterocycles. The van der Waals surface area contributed by atoms with Crippen molar-refractivity contribution in [3.63, 3.8) is 0 Å². The highest BCUT2D eigenvalue weighted by atomic mass is 79.9. The molecule has 0 bridgehead atoms. The highest BCUT2D eigenvalue weighted by Gasteiger charge is 2.31. The predicted octanol–water partition coefficient (Wildman–Crippen LogP) is 0.222. The van der Waals surface area contributed by atoms with Crippen molar-refractivity contribution in [1.82, 2.24) is 0 Å². The number of hydrogen-bond donors (Lipinski definition) is 0. The Kier molecular flexibility index (Phi) is 5.68. The van der Waals surface area contributed by atoms with Crippen molar-refractivity contribution in [2.45, 2.75) is 6.04 Å². The van der Waals surface area contributed by atoms with Crippen LogP contribution in [0.15, 0.2) is 79.1 Å². The summed E-state index contributed by atoms with van der Waals surface area (Å²) < 4.78 is 13.1. The molecule has 1 aliphatic rings.